The van der Waals surface area contributed by atoms with Crippen molar-refractivity contribution in [2.45, 2.75) is 25.8 Å². The van der Waals surface area contributed by atoms with E-state index in [2.05, 4.69) is 16.8 Å². The Kier molecular flexibility index (Phi) is 5.63. The fraction of sp³-hybridized carbons (Fsp3) is 0.312. The average molecular weight is 304 g/mol. The maximum atomic E-state index is 11.8. The Labute approximate surface area is 128 Å². The monoisotopic (exact) mass is 304 g/mol. The molecule has 1 heterocycles. The number of hydrogen-bond acceptors (Lipinski definition) is 4. The summed E-state index contributed by atoms with van der Waals surface area (Å²) in [6.45, 7) is 2.33. The lowest BCUT2D eigenvalue weighted by Gasteiger charge is -2.13. The lowest BCUT2D eigenvalue weighted by molar-refractivity contribution is -0.122. The third-order valence-electron chi connectivity index (χ3n) is 3.04. The van der Waals surface area contributed by atoms with Crippen molar-refractivity contribution in [1.29, 1.82) is 0 Å². The molecule has 21 heavy (non-hydrogen) atoms. The van der Waals surface area contributed by atoms with Crippen molar-refractivity contribution in [2.24, 2.45) is 0 Å². The van der Waals surface area contributed by atoms with Gasteiger partial charge in [-0.15, -0.1) is 0 Å². The van der Waals surface area contributed by atoms with Crippen LogP contribution in [0.3, 0.4) is 0 Å². The van der Waals surface area contributed by atoms with Crippen LogP contribution in [0.1, 0.15) is 18.9 Å². The second-order valence-electron chi connectivity index (χ2n) is 4.94. The van der Waals surface area contributed by atoms with Crippen molar-refractivity contribution >= 4 is 22.9 Å². The molecule has 0 fully saturated rings. The number of nitrogen functional groups attached to an aromatic ring is 1. The van der Waals surface area contributed by atoms with Crippen LogP contribution in [0.15, 0.2) is 41.1 Å². The van der Waals surface area contributed by atoms with Crippen molar-refractivity contribution in [3.05, 3.63) is 46.7 Å². The number of rotatable bonds is 7. The van der Waals surface area contributed by atoms with Gasteiger partial charge < -0.3 is 15.8 Å². The first kappa shape index (κ1) is 15.4. The second kappa shape index (κ2) is 7.69. The molecule has 2 aromatic rings. The molecule has 0 aliphatic heterocycles. The Morgan fingerprint density at radius 1 is 1.38 bits per heavy atom. The van der Waals surface area contributed by atoms with Gasteiger partial charge in [0.1, 0.15) is 5.75 Å². The normalized spacial score (nSPS) is 11.9. The van der Waals surface area contributed by atoms with E-state index in [1.807, 2.05) is 24.4 Å². The summed E-state index contributed by atoms with van der Waals surface area (Å²) in [7, 11) is 0. The molecule has 0 bridgehead atoms. The van der Waals surface area contributed by atoms with Crippen molar-refractivity contribution in [3.63, 3.8) is 0 Å². The molecule has 1 aromatic heterocycles. The van der Waals surface area contributed by atoms with Gasteiger partial charge in [0, 0.05) is 6.04 Å². The topological polar surface area (TPSA) is 64.3 Å². The molecular weight excluding hydrogens is 284 g/mol. The van der Waals surface area contributed by atoms with Crippen LogP contribution in [0.2, 0.25) is 0 Å². The van der Waals surface area contributed by atoms with Crippen LogP contribution in [-0.2, 0) is 11.2 Å². The molecule has 0 aliphatic carbocycles. The van der Waals surface area contributed by atoms with Crippen molar-refractivity contribution in [2.75, 3.05) is 12.3 Å². The smallest absolute Gasteiger partial charge is 0.223 e. The van der Waals surface area contributed by atoms with Gasteiger partial charge >= 0.3 is 0 Å². The van der Waals surface area contributed by atoms with E-state index in [9.17, 15) is 4.79 Å². The Hall–Kier alpha value is -2.01. The summed E-state index contributed by atoms with van der Waals surface area (Å²) in [6, 6.07) is 9.48. The number of nitrogens with one attached hydrogen (secondary N) is 1. The van der Waals surface area contributed by atoms with Gasteiger partial charge in [0.05, 0.1) is 18.7 Å². The SMILES string of the molecule is CC(Cc1ccsc1)NC(=O)CCOc1ccccc1N. The fourth-order valence-corrected chi connectivity index (χ4v) is 2.71. The van der Waals surface area contributed by atoms with Gasteiger partial charge in [-0.2, -0.15) is 11.3 Å². The number of amides is 1. The molecule has 0 spiro atoms. The third-order valence-corrected chi connectivity index (χ3v) is 3.77. The van der Waals surface area contributed by atoms with Gasteiger partial charge in [-0.3, -0.25) is 4.79 Å². The van der Waals surface area contributed by atoms with Gasteiger partial charge in [0.2, 0.25) is 5.91 Å². The summed E-state index contributed by atoms with van der Waals surface area (Å²) in [6.07, 6.45) is 1.17. The summed E-state index contributed by atoms with van der Waals surface area (Å²) < 4.78 is 5.51. The van der Waals surface area contributed by atoms with E-state index in [4.69, 9.17) is 10.5 Å². The molecule has 1 aromatic carbocycles. The highest BCUT2D eigenvalue weighted by Gasteiger charge is 2.09. The van der Waals surface area contributed by atoms with Crippen molar-refractivity contribution in [3.8, 4) is 5.75 Å². The summed E-state index contributed by atoms with van der Waals surface area (Å²) in [4.78, 5) is 11.8. The minimum atomic E-state index is -0.00719. The number of carbonyl (C=O) groups excluding carboxylic acids is 1. The average Bonchev–Trinajstić information content (AvgIpc) is 2.93. The molecule has 3 N–H and O–H groups in total. The van der Waals surface area contributed by atoms with E-state index in [1.54, 1.807) is 23.5 Å². The first-order valence-electron chi connectivity index (χ1n) is 6.93. The van der Waals surface area contributed by atoms with Gasteiger partial charge in [0.25, 0.3) is 0 Å². The lowest BCUT2D eigenvalue weighted by atomic mass is 10.1. The van der Waals surface area contributed by atoms with Crippen LogP contribution >= 0.6 is 11.3 Å². The van der Waals surface area contributed by atoms with Crippen LogP contribution in [-0.4, -0.2) is 18.6 Å². The third kappa shape index (κ3) is 5.11. The number of carbonyl (C=O) groups is 1. The van der Waals surface area contributed by atoms with Gasteiger partial charge in [-0.25, -0.2) is 0 Å². The van der Waals surface area contributed by atoms with Crippen LogP contribution in [0.25, 0.3) is 0 Å². The molecule has 112 valence electrons. The Bertz CT molecular complexity index is 569. The maximum Gasteiger partial charge on any atom is 0.223 e. The number of nitrogens with two attached hydrogens (primary N) is 1. The minimum Gasteiger partial charge on any atom is -0.491 e. The van der Waals surface area contributed by atoms with E-state index < -0.39 is 0 Å². The highest BCUT2D eigenvalue weighted by molar-refractivity contribution is 7.07. The number of hydrogen-bond donors (Lipinski definition) is 2. The quantitative estimate of drug-likeness (QED) is 0.773. The van der Waals surface area contributed by atoms with Gasteiger partial charge in [-0.1, -0.05) is 12.1 Å². The standard InChI is InChI=1S/C16H20N2O2S/c1-12(10-13-7-9-21-11-13)18-16(19)6-8-20-15-5-3-2-4-14(15)17/h2-5,7,9,11-12H,6,8,10,17H2,1H3,(H,18,19). The largest absolute Gasteiger partial charge is 0.491 e. The van der Waals surface area contributed by atoms with Crippen molar-refractivity contribution < 1.29 is 9.53 Å². The van der Waals surface area contributed by atoms with Crippen LogP contribution < -0.4 is 15.8 Å². The molecule has 0 aliphatic rings. The second-order valence-corrected chi connectivity index (χ2v) is 5.72. The molecule has 1 unspecified atom stereocenters. The molecule has 2 rings (SSSR count). The lowest BCUT2D eigenvalue weighted by Crippen LogP contribution is -2.34. The Morgan fingerprint density at radius 2 is 2.19 bits per heavy atom. The summed E-state index contributed by atoms with van der Waals surface area (Å²) in [5.41, 5.74) is 7.61. The molecule has 5 heteroatoms. The summed E-state index contributed by atoms with van der Waals surface area (Å²) in [5.74, 6) is 0.615. The summed E-state index contributed by atoms with van der Waals surface area (Å²) >= 11 is 1.67. The predicted molar refractivity (Wildman–Crippen MR) is 86.6 cm³/mol. The minimum absolute atomic E-state index is 0.00719. The Balaban J connectivity index is 1.69. The number of anilines is 1. The van der Waals surface area contributed by atoms with Gasteiger partial charge in [0.15, 0.2) is 0 Å². The van der Waals surface area contributed by atoms with E-state index >= 15 is 0 Å². The molecular formula is C16H20N2O2S. The zero-order chi connectivity index (χ0) is 15.1. The first-order chi connectivity index (χ1) is 10.1. The van der Waals surface area contributed by atoms with E-state index in [0.717, 1.165) is 6.42 Å². The van der Waals surface area contributed by atoms with Gasteiger partial charge in [-0.05, 0) is 47.9 Å². The number of ether oxygens (including phenoxy) is 1. The zero-order valence-electron chi connectivity index (χ0n) is 12.0. The summed E-state index contributed by atoms with van der Waals surface area (Å²) in [5, 5.41) is 7.12. The highest BCUT2D eigenvalue weighted by atomic mass is 32.1. The molecule has 1 amide bonds. The maximum absolute atomic E-state index is 11.8. The molecule has 1 atom stereocenters. The van der Waals surface area contributed by atoms with E-state index in [0.29, 0.717) is 24.5 Å². The number of benzene rings is 1. The predicted octanol–water partition coefficient (Wildman–Crippen LogP) is 2.85. The van der Waals surface area contributed by atoms with Crippen LogP contribution in [0, 0.1) is 0 Å². The van der Waals surface area contributed by atoms with E-state index in [1.165, 1.54) is 5.56 Å². The zero-order valence-corrected chi connectivity index (χ0v) is 12.9. The van der Waals surface area contributed by atoms with Crippen LogP contribution in [0.5, 0.6) is 5.75 Å². The highest BCUT2D eigenvalue weighted by Crippen LogP contribution is 2.19. The number of para-hydroxylation sites is 2. The number of thiophene rings is 1. The molecule has 0 saturated heterocycles. The fourth-order valence-electron chi connectivity index (χ4n) is 2.03. The first-order valence-corrected chi connectivity index (χ1v) is 7.87. The van der Waals surface area contributed by atoms with Crippen molar-refractivity contribution in [1.82, 2.24) is 5.32 Å². The van der Waals surface area contributed by atoms with E-state index in [-0.39, 0.29) is 11.9 Å². The molecule has 0 radical (unpaired) electrons. The molecule has 0 saturated carbocycles. The molecule has 4 nitrogen and oxygen atoms in total. The Morgan fingerprint density at radius 3 is 2.90 bits per heavy atom. The van der Waals surface area contributed by atoms with Crippen LogP contribution in [0.4, 0.5) is 5.69 Å².